The van der Waals surface area contributed by atoms with Crippen LogP contribution in [-0.4, -0.2) is 23.5 Å². The number of hydrogen-bond donors (Lipinski definition) is 1. The van der Waals surface area contributed by atoms with E-state index in [1.807, 2.05) is 19.1 Å². The van der Waals surface area contributed by atoms with Crippen molar-refractivity contribution in [3.8, 4) is 0 Å². The van der Waals surface area contributed by atoms with Gasteiger partial charge in [-0.25, -0.2) is 4.79 Å². The fraction of sp³-hybridized carbons (Fsp3) is 0.286. The second-order valence-electron chi connectivity index (χ2n) is 3.66. The van der Waals surface area contributed by atoms with Gasteiger partial charge >= 0.3 is 5.97 Å². The van der Waals surface area contributed by atoms with Crippen LogP contribution in [-0.2, 0) is 16.0 Å². The highest BCUT2D eigenvalue weighted by Crippen LogP contribution is 2.07. The Morgan fingerprint density at radius 2 is 1.83 bits per heavy atom. The molecule has 0 aliphatic heterocycles. The van der Waals surface area contributed by atoms with Gasteiger partial charge in [0.2, 0.25) is 5.76 Å². The Kier molecular flexibility index (Phi) is 5.11. The van der Waals surface area contributed by atoms with Crippen molar-refractivity contribution < 1.29 is 19.4 Å². The Bertz CT molecular complexity index is 457. The standard InChI is InChI=1S/C14H16O4/c1-3-10-5-7-11(8-6-10)12(15)9-13(16)14(17)18-4-2/h5-9,16H,3-4H2,1-2H3/b13-9-. The number of aliphatic hydroxyl groups excluding tert-OH is 1. The van der Waals surface area contributed by atoms with Crippen molar-refractivity contribution in [1.29, 1.82) is 0 Å². The number of esters is 1. The summed E-state index contributed by atoms with van der Waals surface area (Å²) in [5, 5.41) is 9.35. The zero-order valence-corrected chi connectivity index (χ0v) is 10.5. The highest BCUT2D eigenvalue weighted by atomic mass is 16.5. The van der Waals surface area contributed by atoms with E-state index >= 15 is 0 Å². The van der Waals surface area contributed by atoms with Crippen molar-refractivity contribution in [2.45, 2.75) is 20.3 Å². The molecule has 0 aliphatic rings. The molecule has 0 atom stereocenters. The van der Waals surface area contributed by atoms with Crippen LogP contribution in [0.2, 0.25) is 0 Å². The van der Waals surface area contributed by atoms with Gasteiger partial charge in [0.1, 0.15) is 0 Å². The molecule has 1 N–H and O–H groups in total. The van der Waals surface area contributed by atoms with Crippen molar-refractivity contribution >= 4 is 11.8 Å². The van der Waals surface area contributed by atoms with Crippen LogP contribution in [0.25, 0.3) is 0 Å². The Morgan fingerprint density at radius 3 is 2.33 bits per heavy atom. The number of benzene rings is 1. The summed E-state index contributed by atoms with van der Waals surface area (Å²) in [6.45, 7) is 3.79. The summed E-state index contributed by atoms with van der Waals surface area (Å²) >= 11 is 0. The third-order valence-corrected chi connectivity index (χ3v) is 2.40. The normalized spacial score (nSPS) is 11.1. The van der Waals surface area contributed by atoms with Gasteiger partial charge < -0.3 is 9.84 Å². The summed E-state index contributed by atoms with van der Waals surface area (Å²) in [6, 6.07) is 7.00. The number of ether oxygens (including phenoxy) is 1. The Morgan fingerprint density at radius 1 is 1.22 bits per heavy atom. The minimum absolute atomic E-state index is 0.149. The van der Waals surface area contributed by atoms with Crippen molar-refractivity contribution in [3.05, 3.63) is 47.2 Å². The topological polar surface area (TPSA) is 63.6 Å². The SMILES string of the molecule is CCOC(=O)/C(O)=C/C(=O)c1ccc(CC)cc1. The van der Waals surface area contributed by atoms with Crippen LogP contribution in [0.5, 0.6) is 0 Å². The zero-order valence-electron chi connectivity index (χ0n) is 10.5. The quantitative estimate of drug-likeness (QED) is 0.376. The molecule has 0 aromatic heterocycles. The molecule has 1 rings (SSSR count). The van der Waals surface area contributed by atoms with Crippen LogP contribution < -0.4 is 0 Å². The number of ketones is 1. The summed E-state index contributed by atoms with van der Waals surface area (Å²) in [5.74, 6) is -2.00. The monoisotopic (exact) mass is 248 g/mol. The highest BCUT2D eigenvalue weighted by Gasteiger charge is 2.11. The smallest absolute Gasteiger partial charge is 0.373 e. The molecule has 0 unspecified atom stereocenters. The second kappa shape index (κ2) is 6.59. The summed E-state index contributed by atoms with van der Waals surface area (Å²) in [7, 11) is 0. The number of aliphatic hydroxyl groups is 1. The van der Waals surface area contributed by atoms with Gasteiger partial charge in [0, 0.05) is 11.6 Å². The maximum Gasteiger partial charge on any atom is 0.373 e. The van der Waals surface area contributed by atoms with Gasteiger partial charge in [0.25, 0.3) is 0 Å². The van der Waals surface area contributed by atoms with Gasteiger partial charge in [-0.15, -0.1) is 0 Å². The first-order chi connectivity index (χ1) is 8.58. The molecule has 0 amide bonds. The maximum atomic E-state index is 11.7. The van der Waals surface area contributed by atoms with Crippen LogP contribution in [0.15, 0.2) is 36.1 Å². The number of aryl methyl sites for hydroxylation is 1. The van der Waals surface area contributed by atoms with Crippen molar-refractivity contribution in [2.24, 2.45) is 0 Å². The predicted molar refractivity (Wildman–Crippen MR) is 67.5 cm³/mol. The van der Waals surface area contributed by atoms with Gasteiger partial charge in [-0.05, 0) is 18.9 Å². The molecule has 0 aliphatic carbocycles. The zero-order chi connectivity index (χ0) is 13.5. The molecule has 0 saturated carbocycles. The molecular formula is C14H16O4. The maximum absolute atomic E-state index is 11.7. The summed E-state index contributed by atoms with van der Waals surface area (Å²) in [4.78, 5) is 22.8. The first-order valence-corrected chi connectivity index (χ1v) is 5.79. The highest BCUT2D eigenvalue weighted by molar-refractivity contribution is 6.07. The predicted octanol–water partition coefficient (Wildman–Crippen LogP) is 2.44. The lowest BCUT2D eigenvalue weighted by molar-refractivity contribution is -0.141. The fourth-order valence-corrected chi connectivity index (χ4v) is 1.38. The van der Waals surface area contributed by atoms with Gasteiger partial charge in [0.05, 0.1) is 6.61 Å². The van der Waals surface area contributed by atoms with E-state index < -0.39 is 17.5 Å². The Balaban J connectivity index is 2.80. The lowest BCUT2D eigenvalue weighted by Gasteiger charge is -2.01. The van der Waals surface area contributed by atoms with Crippen molar-refractivity contribution in [3.63, 3.8) is 0 Å². The van der Waals surface area contributed by atoms with Crippen LogP contribution in [0.4, 0.5) is 0 Å². The van der Waals surface area contributed by atoms with E-state index in [0.29, 0.717) is 5.56 Å². The number of hydrogen-bond acceptors (Lipinski definition) is 4. The minimum atomic E-state index is -0.893. The lowest BCUT2D eigenvalue weighted by atomic mass is 10.1. The molecule has 0 heterocycles. The number of rotatable bonds is 5. The first kappa shape index (κ1) is 14.0. The molecule has 1 aromatic carbocycles. The van der Waals surface area contributed by atoms with E-state index in [1.54, 1.807) is 19.1 Å². The molecule has 18 heavy (non-hydrogen) atoms. The molecular weight excluding hydrogens is 232 g/mol. The van der Waals surface area contributed by atoms with Crippen LogP contribution >= 0.6 is 0 Å². The lowest BCUT2D eigenvalue weighted by Crippen LogP contribution is -2.09. The average molecular weight is 248 g/mol. The van der Waals surface area contributed by atoms with Gasteiger partial charge in [-0.2, -0.15) is 0 Å². The third kappa shape index (κ3) is 3.73. The van der Waals surface area contributed by atoms with E-state index in [-0.39, 0.29) is 6.61 Å². The minimum Gasteiger partial charge on any atom is -0.502 e. The van der Waals surface area contributed by atoms with E-state index in [9.17, 15) is 14.7 Å². The van der Waals surface area contributed by atoms with E-state index in [2.05, 4.69) is 4.74 Å². The molecule has 1 aromatic rings. The van der Waals surface area contributed by atoms with Gasteiger partial charge in [-0.3, -0.25) is 4.79 Å². The van der Waals surface area contributed by atoms with Crippen LogP contribution in [0, 0.1) is 0 Å². The average Bonchev–Trinajstić information content (AvgIpc) is 2.39. The number of carbonyl (C=O) groups excluding carboxylic acids is 2. The molecule has 96 valence electrons. The van der Waals surface area contributed by atoms with E-state index in [4.69, 9.17) is 0 Å². The van der Waals surface area contributed by atoms with Crippen LogP contribution in [0.1, 0.15) is 29.8 Å². The Hall–Kier alpha value is -2.10. The Labute approximate surface area is 106 Å². The van der Waals surface area contributed by atoms with Gasteiger partial charge in [-0.1, -0.05) is 31.2 Å². The summed E-state index contributed by atoms with van der Waals surface area (Å²) in [6.07, 6.45) is 1.76. The fourth-order valence-electron chi connectivity index (χ4n) is 1.38. The molecule has 0 fully saturated rings. The number of allylic oxidation sites excluding steroid dienone is 1. The molecule has 0 radical (unpaired) electrons. The van der Waals surface area contributed by atoms with E-state index in [0.717, 1.165) is 18.1 Å². The third-order valence-electron chi connectivity index (χ3n) is 2.40. The molecule has 4 heteroatoms. The molecule has 0 saturated heterocycles. The molecule has 0 spiro atoms. The number of carbonyl (C=O) groups is 2. The van der Waals surface area contributed by atoms with E-state index in [1.165, 1.54) is 0 Å². The first-order valence-electron chi connectivity index (χ1n) is 5.79. The van der Waals surface area contributed by atoms with Crippen molar-refractivity contribution in [2.75, 3.05) is 6.61 Å². The molecule has 0 bridgehead atoms. The molecule has 4 nitrogen and oxygen atoms in total. The summed E-state index contributed by atoms with van der Waals surface area (Å²) in [5.41, 5.74) is 1.54. The van der Waals surface area contributed by atoms with Crippen molar-refractivity contribution in [1.82, 2.24) is 0 Å². The largest absolute Gasteiger partial charge is 0.502 e. The van der Waals surface area contributed by atoms with Crippen LogP contribution in [0.3, 0.4) is 0 Å². The summed E-state index contributed by atoms with van der Waals surface area (Å²) < 4.78 is 4.57. The second-order valence-corrected chi connectivity index (χ2v) is 3.66. The van der Waals surface area contributed by atoms with Gasteiger partial charge in [0.15, 0.2) is 5.78 Å².